The topological polar surface area (TPSA) is 41.7 Å². The molecule has 1 unspecified atom stereocenters. The largest absolute Gasteiger partial charge is 0.398 e. The molecule has 1 atom stereocenters. The summed E-state index contributed by atoms with van der Waals surface area (Å²) in [6.07, 6.45) is 1.25. The highest BCUT2D eigenvalue weighted by Crippen LogP contribution is 2.23. The van der Waals surface area contributed by atoms with Crippen molar-refractivity contribution in [3.05, 3.63) is 28.8 Å². The van der Waals surface area contributed by atoms with Gasteiger partial charge in [0, 0.05) is 38.8 Å². The van der Waals surface area contributed by atoms with Crippen molar-refractivity contribution in [2.24, 2.45) is 0 Å². The van der Waals surface area contributed by atoms with Crippen molar-refractivity contribution in [3.8, 4) is 0 Å². The van der Waals surface area contributed by atoms with Crippen LogP contribution in [-0.2, 0) is 11.3 Å². The molecule has 2 aliphatic rings. The molecule has 0 bridgehead atoms. The standard InChI is InChI=1S/C15H22ClN3O/c16-14-9-12(1-2-15(14)17)10-18-4-3-13(11-18)19-5-7-20-8-6-19/h1-2,9,13H,3-8,10-11,17H2. The van der Waals surface area contributed by atoms with Gasteiger partial charge in [0.25, 0.3) is 0 Å². The number of benzene rings is 1. The summed E-state index contributed by atoms with van der Waals surface area (Å²) in [6.45, 7) is 7.17. The molecule has 0 aliphatic carbocycles. The molecule has 0 radical (unpaired) electrons. The van der Waals surface area contributed by atoms with Crippen LogP contribution in [0.4, 0.5) is 5.69 Å². The fourth-order valence-corrected chi connectivity index (χ4v) is 3.33. The number of rotatable bonds is 3. The molecule has 5 heteroatoms. The SMILES string of the molecule is Nc1ccc(CN2CCC(N3CCOCC3)C2)cc1Cl. The number of ether oxygens (including phenoxy) is 1. The summed E-state index contributed by atoms with van der Waals surface area (Å²) in [5.74, 6) is 0. The molecule has 1 aromatic carbocycles. The second-order valence-corrected chi connectivity index (χ2v) is 6.09. The molecular weight excluding hydrogens is 274 g/mol. The third-order valence-electron chi connectivity index (χ3n) is 4.28. The van der Waals surface area contributed by atoms with Crippen molar-refractivity contribution in [3.63, 3.8) is 0 Å². The van der Waals surface area contributed by atoms with Crippen molar-refractivity contribution in [1.82, 2.24) is 9.80 Å². The number of hydrogen-bond donors (Lipinski definition) is 1. The fourth-order valence-electron chi connectivity index (χ4n) is 3.12. The van der Waals surface area contributed by atoms with E-state index in [0.29, 0.717) is 16.8 Å². The highest BCUT2D eigenvalue weighted by molar-refractivity contribution is 6.33. The van der Waals surface area contributed by atoms with Gasteiger partial charge in [-0.05, 0) is 24.1 Å². The van der Waals surface area contributed by atoms with Gasteiger partial charge in [-0.25, -0.2) is 0 Å². The Labute approximate surface area is 125 Å². The van der Waals surface area contributed by atoms with Crippen molar-refractivity contribution < 1.29 is 4.74 Å². The van der Waals surface area contributed by atoms with E-state index in [0.717, 1.165) is 45.9 Å². The molecule has 0 spiro atoms. The van der Waals surface area contributed by atoms with Crippen LogP contribution in [0.1, 0.15) is 12.0 Å². The Hall–Kier alpha value is -0.810. The van der Waals surface area contributed by atoms with E-state index in [-0.39, 0.29) is 0 Å². The molecule has 2 aliphatic heterocycles. The van der Waals surface area contributed by atoms with E-state index < -0.39 is 0 Å². The minimum Gasteiger partial charge on any atom is -0.398 e. The van der Waals surface area contributed by atoms with Gasteiger partial charge in [0.2, 0.25) is 0 Å². The molecule has 110 valence electrons. The summed E-state index contributed by atoms with van der Waals surface area (Å²) in [5, 5.41) is 0.659. The van der Waals surface area contributed by atoms with Gasteiger partial charge in [-0.3, -0.25) is 9.80 Å². The third kappa shape index (κ3) is 3.26. The van der Waals surface area contributed by atoms with Gasteiger partial charge < -0.3 is 10.5 Å². The number of anilines is 1. The number of halogens is 1. The number of nitrogens with two attached hydrogens (primary N) is 1. The molecule has 1 aromatic rings. The Balaban J connectivity index is 1.55. The van der Waals surface area contributed by atoms with Gasteiger partial charge in [-0.15, -0.1) is 0 Å². The van der Waals surface area contributed by atoms with Crippen molar-refractivity contribution >= 4 is 17.3 Å². The zero-order chi connectivity index (χ0) is 13.9. The van der Waals surface area contributed by atoms with Crippen LogP contribution in [0.5, 0.6) is 0 Å². The predicted octanol–water partition coefficient (Wildman–Crippen LogP) is 1.83. The molecule has 4 nitrogen and oxygen atoms in total. The monoisotopic (exact) mass is 295 g/mol. The first-order chi connectivity index (χ1) is 9.72. The van der Waals surface area contributed by atoms with Crippen LogP contribution in [0.25, 0.3) is 0 Å². The van der Waals surface area contributed by atoms with E-state index in [1.807, 2.05) is 12.1 Å². The quantitative estimate of drug-likeness (QED) is 0.864. The van der Waals surface area contributed by atoms with Crippen LogP contribution < -0.4 is 5.73 Å². The maximum Gasteiger partial charge on any atom is 0.0638 e. The van der Waals surface area contributed by atoms with E-state index in [1.54, 1.807) is 0 Å². The summed E-state index contributed by atoms with van der Waals surface area (Å²) in [4.78, 5) is 5.07. The maximum absolute atomic E-state index is 6.08. The summed E-state index contributed by atoms with van der Waals surface area (Å²) in [6, 6.07) is 6.64. The van der Waals surface area contributed by atoms with E-state index in [9.17, 15) is 0 Å². The van der Waals surface area contributed by atoms with Gasteiger partial charge in [0.05, 0.1) is 23.9 Å². The van der Waals surface area contributed by atoms with Crippen LogP contribution in [0, 0.1) is 0 Å². The zero-order valence-corrected chi connectivity index (χ0v) is 12.5. The van der Waals surface area contributed by atoms with Crippen LogP contribution >= 0.6 is 11.6 Å². The van der Waals surface area contributed by atoms with Gasteiger partial charge >= 0.3 is 0 Å². The van der Waals surface area contributed by atoms with E-state index >= 15 is 0 Å². The summed E-state index contributed by atoms with van der Waals surface area (Å²) in [7, 11) is 0. The fraction of sp³-hybridized carbons (Fsp3) is 0.600. The smallest absolute Gasteiger partial charge is 0.0638 e. The molecule has 2 fully saturated rings. The Kier molecular flexibility index (Phi) is 4.46. The van der Waals surface area contributed by atoms with E-state index in [4.69, 9.17) is 22.1 Å². The first-order valence-corrected chi connectivity index (χ1v) is 7.68. The second kappa shape index (κ2) is 6.31. The highest BCUT2D eigenvalue weighted by atomic mass is 35.5. The second-order valence-electron chi connectivity index (χ2n) is 5.68. The third-order valence-corrected chi connectivity index (χ3v) is 4.61. The number of nitrogen functional groups attached to an aromatic ring is 1. The molecule has 0 saturated carbocycles. The van der Waals surface area contributed by atoms with Crippen molar-refractivity contribution in [2.45, 2.75) is 19.0 Å². The Morgan fingerprint density at radius 2 is 2.05 bits per heavy atom. The molecule has 2 N–H and O–H groups in total. The van der Waals surface area contributed by atoms with E-state index in [1.165, 1.54) is 12.0 Å². The normalized spacial score (nSPS) is 25.1. The van der Waals surface area contributed by atoms with Crippen molar-refractivity contribution in [1.29, 1.82) is 0 Å². The zero-order valence-electron chi connectivity index (χ0n) is 11.7. The lowest BCUT2D eigenvalue weighted by molar-refractivity contribution is 0.0184. The van der Waals surface area contributed by atoms with Crippen LogP contribution in [0.3, 0.4) is 0 Å². The first-order valence-electron chi connectivity index (χ1n) is 7.30. The Bertz CT molecular complexity index is 462. The maximum atomic E-state index is 6.08. The molecular formula is C15H22ClN3O. The number of nitrogens with zero attached hydrogens (tertiary/aromatic N) is 2. The molecule has 3 rings (SSSR count). The molecule has 2 heterocycles. The van der Waals surface area contributed by atoms with Gasteiger partial charge in [0.15, 0.2) is 0 Å². The van der Waals surface area contributed by atoms with Crippen LogP contribution in [0.2, 0.25) is 5.02 Å². The molecule has 2 saturated heterocycles. The van der Waals surface area contributed by atoms with E-state index in [2.05, 4.69) is 15.9 Å². The highest BCUT2D eigenvalue weighted by Gasteiger charge is 2.28. The average molecular weight is 296 g/mol. The lowest BCUT2D eigenvalue weighted by atomic mass is 10.2. The summed E-state index contributed by atoms with van der Waals surface area (Å²) < 4.78 is 5.42. The van der Waals surface area contributed by atoms with Crippen molar-refractivity contribution in [2.75, 3.05) is 45.1 Å². The van der Waals surface area contributed by atoms with Gasteiger partial charge in [0.1, 0.15) is 0 Å². The predicted molar refractivity (Wildman–Crippen MR) is 81.9 cm³/mol. The van der Waals surface area contributed by atoms with Gasteiger partial charge in [-0.1, -0.05) is 17.7 Å². The number of hydrogen-bond acceptors (Lipinski definition) is 4. The van der Waals surface area contributed by atoms with Gasteiger partial charge in [-0.2, -0.15) is 0 Å². The van der Waals surface area contributed by atoms with Crippen LogP contribution in [-0.4, -0.2) is 55.2 Å². The minimum atomic E-state index is 0.656. The van der Waals surface area contributed by atoms with Crippen LogP contribution in [0.15, 0.2) is 18.2 Å². The first kappa shape index (κ1) is 14.1. The average Bonchev–Trinajstić information content (AvgIpc) is 2.92. The number of likely N-dealkylation sites (tertiary alicyclic amines) is 1. The Morgan fingerprint density at radius 1 is 1.25 bits per heavy atom. The molecule has 20 heavy (non-hydrogen) atoms. The molecule has 0 aromatic heterocycles. The molecule has 0 amide bonds. The Morgan fingerprint density at radius 3 is 2.80 bits per heavy atom. The number of morpholine rings is 1. The summed E-state index contributed by atoms with van der Waals surface area (Å²) in [5.41, 5.74) is 7.65. The lowest BCUT2D eigenvalue weighted by Crippen LogP contribution is -2.44. The minimum absolute atomic E-state index is 0.656. The lowest BCUT2D eigenvalue weighted by Gasteiger charge is -2.32. The summed E-state index contributed by atoms with van der Waals surface area (Å²) >= 11 is 6.08.